The molecule has 0 bridgehead atoms. The first-order valence-corrected chi connectivity index (χ1v) is 16.9. The van der Waals surface area contributed by atoms with Gasteiger partial charge in [0.1, 0.15) is 48.8 Å². The van der Waals surface area contributed by atoms with Gasteiger partial charge < -0.3 is 81.2 Å². The van der Waals surface area contributed by atoms with Crippen molar-refractivity contribution in [3.63, 3.8) is 0 Å². The van der Waals surface area contributed by atoms with Crippen LogP contribution in [0.2, 0.25) is 0 Å². The molecule has 24 nitrogen and oxygen atoms in total. The molecule has 1 saturated heterocycles. The smallest absolute Gasteiger partial charge is 0.480 e. The Balaban J connectivity index is 0.0000292. The maximum atomic E-state index is 12.4. The fourth-order valence-corrected chi connectivity index (χ4v) is 5.63. The van der Waals surface area contributed by atoms with Gasteiger partial charge in [0.2, 0.25) is 0 Å². The third-order valence-corrected chi connectivity index (χ3v) is 8.44. The van der Waals surface area contributed by atoms with Crippen molar-refractivity contribution in [3.05, 3.63) is 0 Å². The Labute approximate surface area is 347 Å². The summed E-state index contributed by atoms with van der Waals surface area (Å²) in [4.78, 5) is 60.8. The number of rotatable bonds is 30. The molecule has 0 spiro atoms. The summed E-state index contributed by atoms with van der Waals surface area (Å²) >= 11 is 0. The van der Waals surface area contributed by atoms with Crippen molar-refractivity contribution in [1.29, 1.82) is 0 Å². The van der Waals surface area contributed by atoms with Gasteiger partial charge in [-0.3, -0.25) is 38.7 Å². The zero-order valence-electron chi connectivity index (χ0n) is 29.7. The number of carboxylic acids is 5. The van der Waals surface area contributed by atoms with Crippen LogP contribution in [-0.2, 0) is 33.4 Å². The van der Waals surface area contributed by atoms with Crippen LogP contribution in [0.5, 0.6) is 0 Å². The number of hydrogen-bond donors (Lipinski definition) is 14. The fourth-order valence-electron chi connectivity index (χ4n) is 5.63. The van der Waals surface area contributed by atoms with Gasteiger partial charge in [0.05, 0.1) is 45.5 Å². The SMILES string of the molecule is O=C(O)CN(CCN(CCN(CC(=O)O)CC(=O)O)C(CCCCNCC(O)C(O)C(O[C@@H]1O[C@H](CO)[C@H](O)[C@H](O)[C@H]1O)C(O)CO)C(=O)O)CC(=O)O.[Gd+3]. The molecule has 5 unspecified atom stereocenters. The molecular formula is C30H54GdN4O20+3. The summed E-state index contributed by atoms with van der Waals surface area (Å²) in [5.74, 6) is -6.66. The number of ether oxygens (including phenoxy) is 2. The van der Waals surface area contributed by atoms with E-state index in [4.69, 9.17) is 29.9 Å². The van der Waals surface area contributed by atoms with Crippen LogP contribution in [-0.4, -0.2) is 251 Å². The molecule has 14 N–H and O–H groups in total. The van der Waals surface area contributed by atoms with Crippen molar-refractivity contribution < 1.29 is 140 Å². The van der Waals surface area contributed by atoms with Crippen LogP contribution in [0.1, 0.15) is 19.3 Å². The second-order valence-electron chi connectivity index (χ2n) is 12.7. The van der Waals surface area contributed by atoms with Crippen LogP contribution < -0.4 is 5.32 Å². The van der Waals surface area contributed by atoms with Crippen LogP contribution in [0, 0.1) is 39.9 Å². The zero-order valence-corrected chi connectivity index (χ0v) is 32.0. The second-order valence-corrected chi connectivity index (χ2v) is 12.7. The van der Waals surface area contributed by atoms with Crippen LogP contribution in [0.3, 0.4) is 0 Å². The van der Waals surface area contributed by atoms with E-state index in [1.807, 2.05) is 0 Å². The first-order valence-electron chi connectivity index (χ1n) is 16.9. The Morgan fingerprint density at radius 1 is 0.691 bits per heavy atom. The van der Waals surface area contributed by atoms with E-state index in [-0.39, 0.29) is 98.5 Å². The molecule has 0 aromatic heterocycles. The van der Waals surface area contributed by atoms with Gasteiger partial charge in [0.25, 0.3) is 0 Å². The topological polar surface area (TPSA) is 389 Å². The van der Waals surface area contributed by atoms with E-state index in [1.54, 1.807) is 0 Å². The van der Waals surface area contributed by atoms with Crippen molar-refractivity contribution >= 4 is 29.8 Å². The maximum absolute atomic E-state index is 12.4. The van der Waals surface area contributed by atoms with Crippen LogP contribution in [0.4, 0.5) is 0 Å². The Morgan fingerprint density at radius 3 is 1.60 bits per heavy atom. The van der Waals surface area contributed by atoms with Gasteiger partial charge in [0, 0.05) is 32.7 Å². The molecule has 0 aliphatic carbocycles. The normalized spacial score (nSPS) is 22.8. The van der Waals surface area contributed by atoms with Gasteiger partial charge in [-0.1, -0.05) is 6.42 Å². The minimum Gasteiger partial charge on any atom is -0.480 e. The first kappa shape index (κ1) is 53.1. The summed E-state index contributed by atoms with van der Waals surface area (Å²) in [7, 11) is 0. The summed E-state index contributed by atoms with van der Waals surface area (Å²) in [6.45, 7) is -5.46. The second kappa shape index (κ2) is 27.7. The average molecular weight is 948 g/mol. The van der Waals surface area contributed by atoms with Crippen molar-refractivity contribution in [2.75, 3.05) is 78.7 Å². The predicted octanol–water partition coefficient (Wildman–Crippen LogP) is -7.30. The summed E-state index contributed by atoms with van der Waals surface area (Å²) in [5.41, 5.74) is 0. The minimum atomic E-state index is -1.93. The third-order valence-electron chi connectivity index (χ3n) is 8.44. The number of aliphatic hydroxyl groups excluding tert-OH is 8. The number of unbranched alkanes of at least 4 members (excludes halogenated alkanes) is 1. The van der Waals surface area contributed by atoms with Crippen molar-refractivity contribution in [2.24, 2.45) is 0 Å². The largest absolute Gasteiger partial charge is 3.00 e. The number of nitrogens with one attached hydrogen (secondary N) is 1. The van der Waals surface area contributed by atoms with Crippen LogP contribution in [0.15, 0.2) is 0 Å². The van der Waals surface area contributed by atoms with E-state index in [9.17, 15) is 69.9 Å². The number of aliphatic hydroxyl groups is 8. The molecule has 0 aromatic rings. The molecule has 1 radical (unpaired) electrons. The Hall–Kier alpha value is -1.89. The number of aliphatic carboxylic acids is 5. The van der Waals surface area contributed by atoms with E-state index in [2.05, 4.69) is 5.32 Å². The standard InChI is InChI=1S/C30H54N4O20.Gd/c35-14-18(38)28(54-30-27(50)26(49)25(48)19(15-36)53-30)24(47)17(37)9-31-4-2-1-3-16(29(51)52)34(7-5-32(10-20(39)40)11-21(41)42)8-6-33(12-22(43)44)13-23(45)46;/h16-19,24-28,30-31,35-38,47-50H,1-15H2,(H,39,40)(H,41,42)(H,43,44)(H,45,46)(H,51,52);/q;+3/t16?,17?,18?,19-,24?,25+,26+,27-,28?,30+;/m1./s1. The summed E-state index contributed by atoms with van der Waals surface area (Å²) < 4.78 is 10.6. The van der Waals surface area contributed by atoms with Gasteiger partial charge in [-0.2, -0.15) is 0 Å². The molecular weight excluding hydrogens is 894 g/mol. The number of nitrogens with zero attached hydrogens (tertiary/aromatic N) is 3. The zero-order chi connectivity index (χ0) is 41.1. The molecule has 0 aromatic carbocycles. The average Bonchev–Trinajstić information content (AvgIpc) is 3.08. The summed E-state index contributed by atoms with van der Waals surface area (Å²) in [6, 6.07) is -1.26. The third kappa shape index (κ3) is 19.9. The summed E-state index contributed by atoms with van der Waals surface area (Å²) in [6.07, 6.45) is -15.5. The molecule has 0 amide bonds. The molecule has 319 valence electrons. The van der Waals surface area contributed by atoms with Gasteiger partial charge in [-0.05, 0) is 19.4 Å². The van der Waals surface area contributed by atoms with Gasteiger partial charge >= 0.3 is 69.8 Å². The molecule has 0 saturated carbocycles. The monoisotopic (exact) mass is 948 g/mol. The fraction of sp³-hybridized carbons (Fsp3) is 0.833. The van der Waals surface area contributed by atoms with Crippen molar-refractivity contribution in [1.82, 2.24) is 20.0 Å². The molecule has 1 heterocycles. The van der Waals surface area contributed by atoms with E-state index < -0.39 is 130 Å². The Bertz CT molecular complexity index is 1100. The van der Waals surface area contributed by atoms with Gasteiger partial charge in [-0.25, -0.2) is 0 Å². The van der Waals surface area contributed by atoms with Gasteiger partial charge in [-0.15, -0.1) is 0 Å². The quantitative estimate of drug-likeness (QED) is 0.0298. The van der Waals surface area contributed by atoms with E-state index in [0.717, 1.165) is 9.80 Å². The minimum absolute atomic E-state index is 0. The van der Waals surface area contributed by atoms with E-state index in [0.29, 0.717) is 0 Å². The van der Waals surface area contributed by atoms with E-state index >= 15 is 0 Å². The number of carboxylic acid groups (broad SMARTS) is 5. The predicted molar refractivity (Wildman–Crippen MR) is 177 cm³/mol. The molecule has 1 aliphatic rings. The van der Waals surface area contributed by atoms with Gasteiger partial charge in [0.15, 0.2) is 6.29 Å². The molecule has 1 aliphatic heterocycles. The Morgan fingerprint density at radius 2 is 1.18 bits per heavy atom. The molecule has 55 heavy (non-hydrogen) atoms. The Kier molecular flexibility index (Phi) is 26.7. The number of carbonyl (C=O) groups is 5. The number of hydrogen-bond acceptors (Lipinski definition) is 19. The first-order chi connectivity index (χ1) is 25.3. The van der Waals surface area contributed by atoms with Crippen LogP contribution in [0.25, 0.3) is 0 Å². The van der Waals surface area contributed by atoms with Crippen molar-refractivity contribution in [3.8, 4) is 0 Å². The maximum Gasteiger partial charge on any atom is 3.00 e. The molecule has 1 rings (SSSR count). The molecule has 1 fully saturated rings. The summed E-state index contributed by atoms with van der Waals surface area (Å²) in [5, 5.41) is 130. The van der Waals surface area contributed by atoms with Crippen LogP contribution >= 0.6 is 0 Å². The molecule has 10 atom stereocenters. The molecule has 25 heteroatoms. The van der Waals surface area contributed by atoms with E-state index in [1.165, 1.54) is 4.90 Å². The van der Waals surface area contributed by atoms with Crippen molar-refractivity contribution in [2.45, 2.75) is 80.4 Å².